The number of hydrogen-bond acceptors (Lipinski definition) is 3. The quantitative estimate of drug-likeness (QED) is 0.815. The molecule has 0 saturated carbocycles. The van der Waals surface area contributed by atoms with Crippen molar-refractivity contribution in [2.45, 2.75) is 19.4 Å². The Kier molecular flexibility index (Phi) is 5.74. The molecule has 2 N–H and O–H groups in total. The summed E-state index contributed by atoms with van der Waals surface area (Å²) in [6.07, 6.45) is 0. The van der Waals surface area contributed by atoms with E-state index >= 15 is 0 Å². The predicted octanol–water partition coefficient (Wildman–Crippen LogP) is 4.55. The highest BCUT2D eigenvalue weighted by Crippen LogP contribution is 2.32. The number of nitrogens with one attached hydrogen (secondary N) is 2. The Morgan fingerprint density at radius 1 is 1.08 bits per heavy atom. The van der Waals surface area contributed by atoms with E-state index in [0.717, 1.165) is 5.56 Å². The molecule has 2 aromatic carbocycles. The first-order valence-electron chi connectivity index (χ1n) is 7.53. The second kappa shape index (κ2) is 7.61. The van der Waals surface area contributed by atoms with Gasteiger partial charge in [0, 0.05) is 5.69 Å². The second-order valence-corrected chi connectivity index (χ2v) is 6.31. The lowest BCUT2D eigenvalue weighted by Crippen LogP contribution is -2.43. The Labute approximate surface area is 151 Å². The highest BCUT2D eigenvalue weighted by atomic mass is 35.5. The largest absolute Gasteiger partial charge is 0.493 e. The van der Waals surface area contributed by atoms with Gasteiger partial charge in [0.25, 0.3) is 0 Å². The standard InChI is InChI=1S/C18H20ClFN2O3/c1-18(2,11-5-8-15(24-3)16(9-11)25-4)22-17(23)21-12-6-7-14(20)13(19)10-12/h5-10H,1-4H3,(H2,21,22,23). The molecule has 0 aliphatic rings. The minimum Gasteiger partial charge on any atom is -0.493 e. The van der Waals surface area contributed by atoms with Gasteiger partial charge in [0.2, 0.25) is 0 Å². The Bertz CT molecular complexity index is 781. The summed E-state index contributed by atoms with van der Waals surface area (Å²) >= 11 is 5.72. The maximum absolute atomic E-state index is 13.2. The van der Waals surface area contributed by atoms with E-state index in [-0.39, 0.29) is 5.02 Å². The van der Waals surface area contributed by atoms with Crippen LogP contribution in [-0.4, -0.2) is 20.3 Å². The van der Waals surface area contributed by atoms with Crippen LogP contribution in [0.1, 0.15) is 19.4 Å². The lowest BCUT2D eigenvalue weighted by molar-refractivity contribution is 0.241. The average molecular weight is 367 g/mol. The topological polar surface area (TPSA) is 59.6 Å². The first kappa shape index (κ1) is 18.9. The smallest absolute Gasteiger partial charge is 0.319 e. The number of rotatable bonds is 5. The zero-order valence-electron chi connectivity index (χ0n) is 14.4. The minimum absolute atomic E-state index is 0.0584. The van der Waals surface area contributed by atoms with Gasteiger partial charge in [0.15, 0.2) is 11.5 Å². The molecule has 5 nitrogen and oxygen atoms in total. The van der Waals surface area contributed by atoms with Gasteiger partial charge in [-0.1, -0.05) is 17.7 Å². The number of methoxy groups -OCH3 is 2. The molecule has 0 fully saturated rings. The van der Waals surface area contributed by atoms with Crippen molar-refractivity contribution in [3.05, 3.63) is 52.8 Å². The van der Waals surface area contributed by atoms with Crippen LogP contribution in [0, 0.1) is 5.82 Å². The maximum atomic E-state index is 13.2. The van der Waals surface area contributed by atoms with Gasteiger partial charge >= 0.3 is 6.03 Å². The number of urea groups is 1. The van der Waals surface area contributed by atoms with E-state index < -0.39 is 17.4 Å². The van der Waals surface area contributed by atoms with E-state index in [1.165, 1.54) is 18.2 Å². The number of carbonyl (C=O) groups is 1. The summed E-state index contributed by atoms with van der Waals surface area (Å²) in [5, 5.41) is 5.43. The fourth-order valence-electron chi connectivity index (χ4n) is 2.32. The molecule has 134 valence electrons. The fourth-order valence-corrected chi connectivity index (χ4v) is 2.50. The Balaban J connectivity index is 2.14. The molecule has 0 unspecified atom stereocenters. The van der Waals surface area contributed by atoms with Gasteiger partial charge in [-0.25, -0.2) is 9.18 Å². The van der Waals surface area contributed by atoms with Crippen LogP contribution in [-0.2, 0) is 5.54 Å². The summed E-state index contributed by atoms with van der Waals surface area (Å²) in [6.45, 7) is 3.71. The van der Waals surface area contributed by atoms with Crippen LogP contribution in [0.15, 0.2) is 36.4 Å². The maximum Gasteiger partial charge on any atom is 0.319 e. The molecule has 2 aromatic rings. The third kappa shape index (κ3) is 4.54. The van der Waals surface area contributed by atoms with Crippen LogP contribution in [0.4, 0.5) is 14.9 Å². The van der Waals surface area contributed by atoms with Crippen molar-refractivity contribution in [1.29, 1.82) is 0 Å². The minimum atomic E-state index is -0.687. The van der Waals surface area contributed by atoms with Crippen molar-refractivity contribution in [2.75, 3.05) is 19.5 Å². The van der Waals surface area contributed by atoms with Crippen molar-refractivity contribution < 1.29 is 18.7 Å². The van der Waals surface area contributed by atoms with E-state index in [2.05, 4.69) is 10.6 Å². The van der Waals surface area contributed by atoms with Crippen molar-refractivity contribution in [2.24, 2.45) is 0 Å². The summed E-state index contributed by atoms with van der Waals surface area (Å²) in [7, 11) is 3.11. The van der Waals surface area contributed by atoms with E-state index in [1.807, 2.05) is 19.9 Å². The lowest BCUT2D eigenvalue weighted by Gasteiger charge is -2.27. The van der Waals surface area contributed by atoms with Crippen molar-refractivity contribution in [1.82, 2.24) is 5.32 Å². The molecule has 2 rings (SSSR count). The molecule has 0 aliphatic heterocycles. The summed E-state index contributed by atoms with van der Waals surface area (Å²) in [5.41, 5.74) is 0.539. The molecule has 0 saturated heterocycles. The van der Waals surface area contributed by atoms with Crippen LogP contribution >= 0.6 is 11.6 Å². The molecule has 25 heavy (non-hydrogen) atoms. The first-order chi connectivity index (χ1) is 11.8. The molecule has 2 amide bonds. The molecular formula is C18H20ClFN2O3. The average Bonchev–Trinajstić information content (AvgIpc) is 2.56. The predicted molar refractivity (Wildman–Crippen MR) is 96.1 cm³/mol. The van der Waals surface area contributed by atoms with Crippen LogP contribution in [0.2, 0.25) is 5.02 Å². The molecule has 0 heterocycles. The van der Waals surface area contributed by atoms with Crippen LogP contribution in [0.3, 0.4) is 0 Å². The number of benzene rings is 2. The molecule has 0 aromatic heterocycles. The van der Waals surface area contributed by atoms with E-state index in [9.17, 15) is 9.18 Å². The molecular weight excluding hydrogens is 347 g/mol. The second-order valence-electron chi connectivity index (χ2n) is 5.90. The monoisotopic (exact) mass is 366 g/mol. The van der Waals surface area contributed by atoms with Gasteiger partial charge in [-0.2, -0.15) is 0 Å². The van der Waals surface area contributed by atoms with Crippen molar-refractivity contribution in [3.8, 4) is 11.5 Å². The Morgan fingerprint density at radius 2 is 1.76 bits per heavy atom. The highest BCUT2D eigenvalue weighted by molar-refractivity contribution is 6.31. The van der Waals surface area contributed by atoms with Gasteiger partial charge in [-0.15, -0.1) is 0 Å². The van der Waals surface area contributed by atoms with Crippen molar-refractivity contribution in [3.63, 3.8) is 0 Å². The van der Waals surface area contributed by atoms with Gasteiger partial charge in [-0.05, 0) is 49.7 Å². The third-order valence-electron chi connectivity index (χ3n) is 3.71. The SMILES string of the molecule is COc1ccc(C(C)(C)NC(=O)Nc2ccc(F)c(Cl)c2)cc1OC. The third-order valence-corrected chi connectivity index (χ3v) is 4.00. The first-order valence-corrected chi connectivity index (χ1v) is 7.91. The molecule has 0 radical (unpaired) electrons. The van der Waals surface area contributed by atoms with Gasteiger partial charge < -0.3 is 20.1 Å². The van der Waals surface area contributed by atoms with Crippen molar-refractivity contribution >= 4 is 23.3 Å². The van der Waals surface area contributed by atoms with Crippen LogP contribution < -0.4 is 20.1 Å². The fraction of sp³-hybridized carbons (Fsp3) is 0.278. The molecule has 0 spiro atoms. The van der Waals surface area contributed by atoms with Crippen LogP contribution in [0.25, 0.3) is 0 Å². The summed E-state index contributed by atoms with van der Waals surface area (Å²) in [4.78, 5) is 12.3. The van der Waals surface area contributed by atoms with E-state index in [0.29, 0.717) is 17.2 Å². The number of carbonyl (C=O) groups excluding carboxylic acids is 1. The molecule has 7 heteroatoms. The Morgan fingerprint density at radius 3 is 2.36 bits per heavy atom. The van der Waals surface area contributed by atoms with Gasteiger partial charge in [0.1, 0.15) is 5.82 Å². The number of amides is 2. The lowest BCUT2D eigenvalue weighted by atomic mass is 9.94. The van der Waals surface area contributed by atoms with E-state index in [1.54, 1.807) is 26.4 Å². The zero-order valence-corrected chi connectivity index (χ0v) is 15.2. The number of hydrogen-bond donors (Lipinski definition) is 2. The van der Waals surface area contributed by atoms with Gasteiger partial charge in [0.05, 0.1) is 24.8 Å². The normalized spacial score (nSPS) is 11.0. The number of halogens is 2. The number of ether oxygens (including phenoxy) is 2. The highest BCUT2D eigenvalue weighted by Gasteiger charge is 2.24. The Hall–Kier alpha value is -2.47. The molecule has 0 atom stereocenters. The summed E-state index contributed by atoms with van der Waals surface area (Å²) < 4.78 is 23.7. The summed E-state index contributed by atoms with van der Waals surface area (Å²) in [5.74, 6) is 0.631. The zero-order chi connectivity index (χ0) is 18.6. The van der Waals surface area contributed by atoms with Gasteiger partial charge in [-0.3, -0.25) is 0 Å². The molecule has 0 bridgehead atoms. The number of anilines is 1. The molecule has 0 aliphatic carbocycles. The van der Waals surface area contributed by atoms with E-state index in [4.69, 9.17) is 21.1 Å². The summed E-state index contributed by atoms with van der Waals surface area (Å²) in [6, 6.07) is 8.95. The van der Waals surface area contributed by atoms with Crippen LogP contribution in [0.5, 0.6) is 11.5 Å².